The number of nitrogens with two attached hydrogens (primary N) is 1. The number of piperazine rings is 1. The zero-order valence-electron chi connectivity index (χ0n) is 17.7. The number of anilines is 5. The lowest BCUT2D eigenvalue weighted by atomic mass is 10.1. The monoisotopic (exact) mass is 404 g/mol. The standard InChI is InChI=1S/C23H28N6O/c1-16-6-4-9-20(17(16)2)28-10-12-29(13-11-28)23-21(24)22(25-15-26-23)27-18-7-5-8-19(14-18)30-3/h4-9,14-15H,10-13,24H2,1-3H3,(H,25,26,27). The average Bonchev–Trinajstić information content (AvgIpc) is 2.77. The van der Waals surface area contributed by atoms with Crippen LogP contribution in [0, 0.1) is 13.8 Å². The van der Waals surface area contributed by atoms with Crippen LogP contribution in [0.4, 0.5) is 28.7 Å². The SMILES string of the molecule is COc1cccc(Nc2ncnc(N3CCN(c4cccc(C)c4C)CC3)c2N)c1. The zero-order chi connectivity index (χ0) is 21.1. The van der Waals surface area contributed by atoms with Gasteiger partial charge in [0.25, 0.3) is 0 Å². The largest absolute Gasteiger partial charge is 0.497 e. The fraction of sp³-hybridized carbons (Fsp3) is 0.304. The minimum Gasteiger partial charge on any atom is -0.497 e. The Morgan fingerprint density at radius 3 is 2.47 bits per heavy atom. The van der Waals surface area contributed by atoms with Crippen LogP contribution in [0.15, 0.2) is 48.8 Å². The molecule has 156 valence electrons. The third-order valence-corrected chi connectivity index (χ3v) is 5.69. The van der Waals surface area contributed by atoms with Crippen LogP contribution < -0.4 is 25.6 Å². The molecule has 0 unspecified atom stereocenters. The molecule has 0 spiro atoms. The number of nitrogens with zero attached hydrogens (tertiary/aromatic N) is 4. The summed E-state index contributed by atoms with van der Waals surface area (Å²) >= 11 is 0. The molecular formula is C23H28N6O. The molecule has 0 radical (unpaired) electrons. The molecule has 1 aromatic heterocycles. The van der Waals surface area contributed by atoms with Gasteiger partial charge in [-0.05, 0) is 43.2 Å². The third-order valence-electron chi connectivity index (χ3n) is 5.69. The smallest absolute Gasteiger partial charge is 0.159 e. The summed E-state index contributed by atoms with van der Waals surface area (Å²) in [5, 5.41) is 3.28. The number of benzene rings is 2. The molecule has 0 amide bonds. The van der Waals surface area contributed by atoms with E-state index in [9.17, 15) is 0 Å². The molecule has 1 aliphatic heterocycles. The number of nitrogens with one attached hydrogen (secondary N) is 1. The molecule has 1 aliphatic rings. The van der Waals surface area contributed by atoms with Gasteiger partial charge in [0.1, 0.15) is 17.8 Å². The van der Waals surface area contributed by atoms with Crippen molar-refractivity contribution in [2.24, 2.45) is 0 Å². The maximum absolute atomic E-state index is 6.45. The second-order valence-corrected chi connectivity index (χ2v) is 7.51. The Balaban J connectivity index is 1.49. The van der Waals surface area contributed by atoms with Crippen molar-refractivity contribution in [3.8, 4) is 5.75 Å². The first kappa shape index (κ1) is 19.8. The average molecular weight is 405 g/mol. The van der Waals surface area contributed by atoms with Gasteiger partial charge in [0.15, 0.2) is 11.6 Å². The number of hydrogen-bond acceptors (Lipinski definition) is 7. The number of methoxy groups -OCH3 is 1. The van der Waals surface area contributed by atoms with Crippen molar-refractivity contribution in [2.75, 3.05) is 54.1 Å². The van der Waals surface area contributed by atoms with Crippen LogP contribution in [-0.2, 0) is 0 Å². The van der Waals surface area contributed by atoms with E-state index >= 15 is 0 Å². The highest BCUT2D eigenvalue weighted by atomic mass is 16.5. The van der Waals surface area contributed by atoms with Crippen molar-refractivity contribution in [1.29, 1.82) is 0 Å². The lowest BCUT2D eigenvalue weighted by Gasteiger charge is -2.38. The van der Waals surface area contributed by atoms with Gasteiger partial charge < -0.3 is 25.6 Å². The number of rotatable bonds is 5. The van der Waals surface area contributed by atoms with E-state index in [0.717, 1.165) is 43.4 Å². The van der Waals surface area contributed by atoms with Crippen molar-refractivity contribution in [2.45, 2.75) is 13.8 Å². The molecule has 4 rings (SSSR count). The number of aromatic nitrogens is 2. The van der Waals surface area contributed by atoms with E-state index in [-0.39, 0.29) is 0 Å². The van der Waals surface area contributed by atoms with Gasteiger partial charge in [-0.3, -0.25) is 0 Å². The molecule has 2 aromatic carbocycles. The van der Waals surface area contributed by atoms with Crippen molar-refractivity contribution < 1.29 is 4.74 Å². The van der Waals surface area contributed by atoms with Gasteiger partial charge in [-0.2, -0.15) is 0 Å². The molecule has 30 heavy (non-hydrogen) atoms. The number of aryl methyl sites for hydroxylation is 1. The number of ether oxygens (including phenoxy) is 1. The summed E-state index contributed by atoms with van der Waals surface area (Å²) in [6, 6.07) is 14.2. The van der Waals surface area contributed by atoms with E-state index in [4.69, 9.17) is 10.5 Å². The van der Waals surface area contributed by atoms with Crippen molar-refractivity contribution in [3.05, 3.63) is 59.9 Å². The lowest BCUT2D eigenvalue weighted by Crippen LogP contribution is -2.47. The molecule has 0 saturated carbocycles. The Hall–Kier alpha value is -3.48. The highest BCUT2D eigenvalue weighted by Crippen LogP contribution is 2.31. The Bertz CT molecular complexity index is 1030. The van der Waals surface area contributed by atoms with Crippen LogP contribution in [0.2, 0.25) is 0 Å². The summed E-state index contributed by atoms with van der Waals surface area (Å²) in [6.07, 6.45) is 1.56. The second kappa shape index (κ2) is 8.49. The predicted octanol–water partition coefficient (Wildman–Crippen LogP) is 3.75. The van der Waals surface area contributed by atoms with Crippen LogP contribution in [-0.4, -0.2) is 43.3 Å². The summed E-state index contributed by atoms with van der Waals surface area (Å²) in [5.41, 5.74) is 11.8. The first-order chi connectivity index (χ1) is 14.6. The first-order valence-corrected chi connectivity index (χ1v) is 10.1. The highest BCUT2D eigenvalue weighted by molar-refractivity contribution is 5.78. The number of hydrogen-bond donors (Lipinski definition) is 2. The van der Waals surface area contributed by atoms with Crippen molar-refractivity contribution >= 4 is 28.7 Å². The molecule has 3 aromatic rings. The third kappa shape index (κ3) is 3.96. The molecule has 7 nitrogen and oxygen atoms in total. The molecule has 3 N–H and O–H groups in total. The van der Waals surface area contributed by atoms with Crippen LogP contribution in [0.1, 0.15) is 11.1 Å². The van der Waals surface area contributed by atoms with Gasteiger partial charge in [0.2, 0.25) is 0 Å². The highest BCUT2D eigenvalue weighted by Gasteiger charge is 2.22. The van der Waals surface area contributed by atoms with E-state index in [1.807, 2.05) is 24.3 Å². The molecule has 1 saturated heterocycles. The fourth-order valence-corrected chi connectivity index (χ4v) is 3.81. The van der Waals surface area contributed by atoms with Gasteiger partial charge in [0, 0.05) is 43.6 Å². The summed E-state index contributed by atoms with van der Waals surface area (Å²) < 4.78 is 5.29. The molecule has 1 fully saturated rings. The Morgan fingerprint density at radius 1 is 0.967 bits per heavy atom. The van der Waals surface area contributed by atoms with Crippen molar-refractivity contribution in [3.63, 3.8) is 0 Å². The van der Waals surface area contributed by atoms with Gasteiger partial charge in [-0.25, -0.2) is 9.97 Å². The maximum atomic E-state index is 6.45. The lowest BCUT2D eigenvalue weighted by molar-refractivity contribution is 0.415. The molecule has 0 aliphatic carbocycles. The summed E-state index contributed by atoms with van der Waals surface area (Å²) in [5.74, 6) is 2.15. The zero-order valence-corrected chi connectivity index (χ0v) is 17.7. The Morgan fingerprint density at radius 2 is 1.70 bits per heavy atom. The molecule has 0 bridgehead atoms. The van der Waals surface area contributed by atoms with E-state index in [1.165, 1.54) is 16.8 Å². The normalized spacial score (nSPS) is 14.0. The van der Waals surface area contributed by atoms with E-state index in [0.29, 0.717) is 11.5 Å². The fourth-order valence-electron chi connectivity index (χ4n) is 3.81. The van der Waals surface area contributed by atoms with Crippen LogP contribution in [0.25, 0.3) is 0 Å². The summed E-state index contributed by atoms with van der Waals surface area (Å²) in [6.45, 7) is 7.91. The minimum absolute atomic E-state index is 0.556. The predicted molar refractivity (Wildman–Crippen MR) is 123 cm³/mol. The second-order valence-electron chi connectivity index (χ2n) is 7.51. The summed E-state index contributed by atoms with van der Waals surface area (Å²) in [4.78, 5) is 13.5. The van der Waals surface area contributed by atoms with Gasteiger partial charge in [0.05, 0.1) is 7.11 Å². The molecule has 2 heterocycles. The van der Waals surface area contributed by atoms with Crippen LogP contribution >= 0.6 is 0 Å². The quantitative estimate of drug-likeness (QED) is 0.670. The van der Waals surface area contributed by atoms with Crippen molar-refractivity contribution in [1.82, 2.24) is 9.97 Å². The maximum Gasteiger partial charge on any atom is 0.159 e. The Kier molecular flexibility index (Phi) is 5.61. The molecule has 7 heteroatoms. The van der Waals surface area contributed by atoms with Gasteiger partial charge in [-0.1, -0.05) is 18.2 Å². The van der Waals surface area contributed by atoms with E-state index < -0.39 is 0 Å². The first-order valence-electron chi connectivity index (χ1n) is 10.1. The summed E-state index contributed by atoms with van der Waals surface area (Å²) in [7, 11) is 1.65. The number of nitrogen functional groups attached to an aromatic ring is 1. The molecular weight excluding hydrogens is 376 g/mol. The van der Waals surface area contributed by atoms with Gasteiger partial charge >= 0.3 is 0 Å². The topological polar surface area (TPSA) is 79.5 Å². The minimum atomic E-state index is 0.556. The van der Waals surface area contributed by atoms with Crippen LogP contribution in [0.5, 0.6) is 5.75 Å². The Labute approximate surface area is 177 Å². The van der Waals surface area contributed by atoms with Crippen LogP contribution in [0.3, 0.4) is 0 Å². The van der Waals surface area contributed by atoms with Gasteiger partial charge in [-0.15, -0.1) is 0 Å². The van der Waals surface area contributed by atoms with E-state index in [1.54, 1.807) is 13.4 Å². The molecule has 0 atom stereocenters. The van der Waals surface area contributed by atoms with E-state index in [2.05, 4.69) is 57.1 Å².